The van der Waals surface area contributed by atoms with Gasteiger partial charge in [-0.2, -0.15) is 0 Å². The van der Waals surface area contributed by atoms with Gasteiger partial charge in [0.15, 0.2) is 5.96 Å². The third-order valence-corrected chi connectivity index (χ3v) is 7.35. The lowest BCUT2D eigenvalue weighted by Crippen LogP contribution is -2.47. The average molecular weight is 450 g/mol. The Labute approximate surface area is 185 Å². The molecule has 9 heteroatoms. The first-order chi connectivity index (χ1) is 15.0. The molecule has 1 amide bonds. The van der Waals surface area contributed by atoms with Gasteiger partial charge in [0.25, 0.3) is 0 Å². The number of rotatable bonds is 8. The highest BCUT2D eigenvalue weighted by molar-refractivity contribution is 7.89. The van der Waals surface area contributed by atoms with Gasteiger partial charge in [-0.25, -0.2) is 13.1 Å². The molecule has 2 fully saturated rings. The van der Waals surface area contributed by atoms with Crippen LogP contribution in [0.2, 0.25) is 0 Å². The fraction of sp³-hybridized carbons (Fsp3) is 0.636. The van der Waals surface area contributed by atoms with Crippen molar-refractivity contribution in [2.75, 3.05) is 32.4 Å². The number of likely N-dealkylation sites (tertiary alicyclic amines) is 1. The summed E-state index contributed by atoms with van der Waals surface area (Å²) in [6, 6.07) is 9.57. The van der Waals surface area contributed by atoms with Gasteiger partial charge in [0.05, 0.1) is 5.75 Å². The first-order valence-corrected chi connectivity index (χ1v) is 12.9. The van der Waals surface area contributed by atoms with Gasteiger partial charge in [-0.1, -0.05) is 49.6 Å². The highest BCUT2D eigenvalue weighted by Crippen LogP contribution is 2.26. The molecule has 0 spiro atoms. The number of hydrogen-bond acceptors (Lipinski definition) is 4. The molecule has 8 nitrogen and oxygen atoms in total. The van der Waals surface area contributed by atoms with Gasteiger partial charge in [-0.3, -0.25) is 9.79 Å². The van der Waals surface area contributed by atoms with Crippen LogP contribution in [0.15, 0.2) is 35.3 Å². The number of benzene rings is 1. The molecule has 1 atom stereocenters. The van der Waals surface area contributed by atoms with E-state index in [9.17, 15) is 13.2 Å². The van der Waals surface area contributed by atoms with Crippen LogP contribution in [-0.4, -0.2) is 63.7 Å². The minimum atomic E-state index is -3.39. The second-order valence-corrected chi connectivity index (χ2v) is 10.3. The molecule has 1 aliphatic carbocycles. The van der Waals surface area contributed by atoms with E-state index in [1.54, 1.807) is 7.05 Å². The SMILES string of the molecule is CN=C(NCCS(=O)(=O)NCc1ccccc1)NC1CCN(C(=O)C2CCCCC2)C1. The standard InChI is InChI=1S/C22H35N5O3S/c1-23-22(24-13-15-31(29,30)25-16-18-8-4-2-5-9-18)26-20-12-14-27(17-20)21(28)19-10-6-3-7-11-19/h2,4-5,8-9,19-20,25H,3,6-7,10-17H2,1H3,(H2,23,24,26). The summed E-state index contributed by atoms with van der Waals surface area (Å²) in [5.41, 5.74) is 0.921. The number of carbonyl (C=O) groups excluding carboxylic acids is 1. The molecule has 3 rings (SSSR count). The van der Waals surface area contributed by atoms with E-state index in [2.05, 4.69) is 20.3 Å². The molecule has 2 aliphatic rings. The Hall–Kier alpha value is -2.13. The quantitative estimate of drug-likeness (QED) is 0.412. The Balaban J connectivity index is 1.38. The Morgan fingerprint density at radius 1 is 1.13 bits per heavy atom. The van der Waals surface area contributed by atoms with Crippen LogP contribution in [0.25, 0.3) is 0 Å². The van der Waals surface area contributed by atoms with Crippen LogP contribution in [0.5, 0.6) is 0 Å². The number of aliphatic imine (C=N–C) groups is 1. The zero-order valence-electron chi connectivity index (χ0n) is 18.3. The van der Waals surface area contributed by atoms with E-state index < -0.39 is 10.0 Å². The summed E-state index contributed by atoms with van der Waals surface area (Å²) in [5.74, 6) is 1.01. The number of sulfonamides is 1. The van der Waals surface area contributed by atoms with E-state index in [0.717, 1.165) is 44.2 Å². The maximum atomic E-state index is 12.7. The molecule has 1 aliphatic heterocycles. The van der Waals surface area contributed by atoms with E-state index in [1.807, 2.05) is 35.2 Å². The maximum Gasteiger partial charge on any atom is 0.225 e. The monoisotopic (exact) mass is 449 g/mol. The largest absolute Gasteiger partial charge is 0.355 e. The lowest BCUT2D eigenvalue weighted by atomic mass is 9.88. The van der Waals surface area contributed by atoms with Gasteiger partial charge in [0.1, 0.15) is 0 Å². The van der Waals surface area contributed by atoms with Crippen LogP contribution >= 0.6 is 0 Å². The number of guanidine groups is 1. The topological polar surface area (TPSA) is 103 Å². The van der Waals surface area contributed by atoms with Crippen molar-refractivity contribution in [2.45, 2.75) is 51.1 Å². The highest BCUT2D eigenvalue weighted by atomic mass is 32.2. The molecule has 3 N–H and O–H groups in total. The van der Waals surface area contributed by atoms with Crippen molar-refractivity contribution in [1.82, 2.24) is 20.3 Å². The first-order valence-electron chi connectivity index (χ1n) is 11.2. The normalized spacial score (nSPS) is 20.6. The Bertz CT molecular complexity index is 838. The lowest BCUT2D eigenvalue weighted by Gasteiger charge is -2.26. The molecular weight excluding hydrogens is 414 g/mol. The van der Waals surface area contributed by atoms with Crippen LogP contribution in [0.3, 0.4) is 0 Å². The minimum Gasteiger partial charge on any atom is -0.355 e. The highest BCUT2D eigenvalue weighted by Gasteiger charge is 2.31. The van der Waals surface area contributed by atoms with E-state index in [-0.39, 0.29) is 30.8 Å². The van der Waals surface area contributed by atoms with Gasteiger partial charge in [-0.05, 0) is 24.8 Å². The fourth-order valence-electron chi connectivity index (χ4n) is 4.24. The van der Waals surface area contributed by atoms with Crippen LogP contribution < -0.4 is 15.4 Å². The molecule has 1 saturated carbocycles. The molecular formula is C22H35N5O3S. The van der Waals surface area contributed by atoms with E-state index in [1.165, 1.54) is 6.42 Å². The molecule has 1 heterocycles. The molecule has 31 heavy (non-hydrogen) atoms. The number of hydrogen-bond donors (Lipinski definition) is 3. The fourth-order valence-corrected chi connectivity index (χ4v) is 5.14. The predicted octanol–water partition coefficient (Wildman–Crippen LogP) is 1.45. The summed E-state index contributed by atoms with van der Waals surface area (Å²) < 4.78 is 27.1. The number of amides is 1. The molecule has 1 aromatic carbocycles. The molecule has 0 aromatic heterocycles. The van der Waals surface area contributed by atoms with Crippen molar-refractivity contribution in [3.8, 4) is 0 Å². The van der Waals surface area contributed by atoms with Crippen LogP contribution in [0.1, 0.15) is 44.1 Å². The second-order valence-electron chi connectivity index (χ2n) is 8.37. The average Bonchev–Trinajstić information content (AvgIpc) is 3.26. The van der Waals surface area contributed by atoms with Crippen molar-refractivity contribution in [2.24, 2.45) is 10.9 Å². The molecule has 0 radical (unpaired) electrons. The van der Waals surface area contributed by atoms with Gasteiger partial charge in [-0.15, -0.1) is 0 Å². The number of carbonyl (C=O) groups is 1. The molecule has 1 unspecified atom stereocenters. The van der Waals surface area contributed by atoms with Crippen molar-refractivity contribution in [3.05, 3.63) is 35.9 Å². The third kappa shape index (κ3) is 7.50. The third-order valence-electron chi connectivity index (χ3n) is 6.02. The van der Waals surface area contributed by atoms with E-state index in [4.69, 9.17) is 0 Å². The maximum absolute atomic E-state index is 12.7. The van der Waals surface area contributed by atoms with Crippen molar-refractivity contribution >= 4 is 21.9 Å². The molecule has 1 saturated heterocycles. The molecule has 1 aromatic rings. The van der Waals surface area contributed by atoms with Crippen molar-refractivity contribution < 1.29 is 13.2 Å². The van der Waals surface area contributed by atoms with Gasteiger partial charge in [0.2, 0.25) is 15.9 Å². The summed E-state index contributed by atoms with van der Waals surface area (Å²) in [4.78, 5) is 18.9. The lowest BCUT2D eigenvalue weighted by molar-refractivity contribution is -0.135. The Morgan fingerprint density at radius 2 is 1.87 bits per heavy atom. The Kier molecular flexibility index (Phi) is 8.71. The molecule has 0 bridgehead atoms. The number of nitrogens with zero attached hydrogens (tertiary/aromatic N) is 2. The van der Waals surface area contributed by atoms with E-state index in [0.29, 0.717) is 18.4 Å². The summed E-state index contributed by atoms with van der Waals surface area (Å²) >= 11 is 0. The van der Waals surface area contributed by atoms with Crippen molar-refractivity contribution in [1.29, 1.82) is 0 Å². The number of nitrogens with one attached hydrogen (secondary N) is 3. The van der Waals surface area contributed by atoms with Gasteiger partial charge in [0, 0.05) is 45.2 Å². The summed E-state index contributed by atoms with van der Waals surface area (Å²) in [5, 5.41) is 6.40. The predicted molar refractivity (Wildman–Crippen MR) is 123 cm³/mol. The molecule has 172 valence electrons. The zero-order valence-corrected chi connectivity index (χ0v) is 19.2. The van der Waals surface area contributed by atoms with Crippen molar-refractivity contribution in [3.63, 3.8) is 0 Å². The second kappa shape index (κ2) is 11.5. The van der Waals surface area contributed by atoms with Crippen LogP contribution in [0.4, 0.5) is 0 Å². The van der Waals surface area contributed by atoms with Crippen LogP contribution in [-0.2, 0) is 21.4 Å². The smallest absolute Gasteiger partial charge is 0.225 e. The minimum absolute atomic E-state index is 0.0442. The van der Waals surface area contributed by atoms with Gasteiger partial charge < -0.3 is 15.5 Å². The summed E-state index contributed by atoms with van der Waals surface area (Å²) in [6.45, 7) is 1.97. The van der Waals surface area contributed by atoms with E-state index >= 15 is 0 Å². The first kappa shape index (κ1) is 23.5. The Morgan fingerprint density at radius 3 is 2.58 bits per heavy atom. The van der Waals surface area contributed by atoms with Gasteiger partial charge >= 0.3 is 0 Å². The van der Waals surface area contributed by atoms with Crippen LogP contribution in [0, 0.1) is 5.92 Å². The zero-order chi connectivity index (χ0) is 22.1. The summed E-state index contributed by atoms with van der Waals surface area (Å²) in [7, 11) is -1.73. The summed E-state index contributed by atoms with van der Waals surface area (Å²) in [6.07, 6.45) is 6.47.